The van der Waals surface area contributed by atoms with Crippen LogP contribution < -0.4 is 11.1 Å². The lowest BCUT2D eigenvalue weighted by Crippen LogP contribution is -2.57. The molecule has 1 amide bonds. The first-order chi connectivity index (χ1) is 8.02. The topological polar surface area (TPSA) is 81.4 Å². The zero-order valence-electron chi connectivity index (χ0n) is 11.0. The van der Waals surface area contributed by atoms with Gasteiger partial charge < -0.3 is 15.8 Å². The maximum Gasteiger partial charge on any atom is 0.331 e. The van der Waals surface area contributed by atoms with Gasteiger partial charge >= 0.3 is 5.97 Å². The molecule has 106 valence electrons. The average Bonchev–Trinajstić information content (AvgIpc) is 2.54. The summed E-state index contributed by atoms with van der Waals surface area (Å²) in [7, 11) is 1.35. The minimum atomic E-state index is -0.865. The number of methoxy groups -OCH3 is 1. The van der Waals surface area contributed by atoms with Gasteiger partial charge in [0.1, 0.15) is 5.54 Å². The Balaban J connectivity index is 0.00000289. The first kappa shape index (κ1) is 17.2. The summed E-state index contributed by atoms with van der Waals surface area (Å²) in [5.41, 5.74) is 4.66. The van der Waals surface area contributed by atoms with Crippen molar-refractivity contribution in [2.24, 2.45) is 5.73 Å². The van der Waals surface area contributed by atoms with Gasteiger partial charge in [-0.3, -0.25) is 4.79 Å². The van der Waals surface area contributed by atoms with Crippen LogP contribution in [0.25, 0.3) is 0 Å². The number of ether oxygens (including phenoxy) is 1. The molecule has 1 aliphatic rings. The lowest BCUT2D eigenvalue weighted by molar-refractivity contribution is -0.151. The minimum absolute atomic E-state index is 0. The van der Waals surface area contributed by atoms with E-state index in [1.165, 1.54) is 7.11 Å². The normalized spacial score (nSPS) is 19.9. The summed E-state index contributed by atoms with van der Waals surface area (Å²) in [6, 6.07) is -0.611. The van der Waals surface area contributed by atoms with E-state index in [4.69, 9.17) is 10.5 Å². The summed E-state index contributed by atoms with van der Waals surface area (Å²) in [5, 5.41) is 2.78. The van der Waals surface area contributed by atoms with Gasteiger partial charge in [0.05, 0.1) is 13.2 Å². The molecule has 0 radical (unpaired) electrons. The Morgan fingerprint density at radius 3 is 2.11 bits per heavy atom. The molecule has 0 saturated heterocycles. The van der Waals surface area contributed by atoms with E-state index in [-0.39, 0.29) is 24.3 Å². The van der Waals surface area contributed by atoms with Crippen molar-refractivity contribution in [2.45, 2.75) is 57.0 Å². The van der Waals surface area contributed by atoms with Crippen LogP contribution in [0.3, 0.4) is 0 Å². The third kappa shape index (κ3) is 4.14. The molecule has 0 aromatic carbocycles. The first-order valence-corrected chi connectivity index (χ1v) is 6.18. The van der Waals surface area contributed by atoms with Crippen LogP contribution in [0.2, 0.25) is 0 Å². The second kappa shape index (κ2) is 7.59. The van der Waals surface area contributed by atoms with Crippen LogP contribution in [0.4, 0.5) is 0 Å². The summed E-state index contributed by atoms with van der Waals surface area (Å²) < 4.78 is 4.83. The van der Waals surface area contributed by atoms with E-state index in [2.05, 4.69) is 5.32 Å². The molecule has 0 unspecified atom stereocenters. The molecule has 0 aromatic rings. The van der Waals surface area contributed by atoms with Crippen LogP contribution in [0, 0.1) is 0 Å². The Kier molecular flexibility index (Phi) is 7.25. The summed E-state index contributed by atoms with van der Waals surface area (Å²) >= 11 is 0. The smallest absolute Gasteiger partial charge is 0.331 e. The summed E-state index contributed by atoms with van der Waals surface area (Å²) in [5.74, 6) is -0.647. The average molecular weight is 279 g/mol. The van der Waals surface area contributed by atoms with Crippen LogP contribution in [0.5, 0.6) is 0 Å². The number of hydrogen-bond acceptors (Lipinski definition) is 4. The number of esters is 1. The van der Waals surface area contributed by atoms with Crippen molar-refractivity contribution in [3.63, 3.8) is 0 Å². The van der Waals surface area contributed by atoms with Gasteiger partial charge in [-0.25, -0.2) is 4.79 Å². The molecule has 1 saturated carbocycles. The first-order valence-electron chi connectivity index (χ1n) is 6.18. The molecule has 1 atom stereocenters. The summed E-state index contributed by atoms with van der Waals surface area (Å²) in [6.07, 6.45) is 5.30. The second-order valence-corrected chi connectivity index (χ2v) is 4.77. The van der Waals surface area contributed by atoms with Crippen molar-refractivity contribution in [1.82, 2.24) is 5.32 Å². The van der Waals surface area contributed by atoms with E-state index < -0.39 is 11.6 Å². The minimum Gasteiger partial charge on any atom is -0.467 e. The molecule has 0 heterocycles. The maximum atomic E-state index is 11.9. The molecule has 1 fully saturated rings. The van der Waals surface area contributed by atoms with Gasteiger partial charge in [0.15, 0.2) is 0 Å². The van der Waals surface area contributed by atoms with E-state index in [1.54, 1.807) is 6.92 Å². The lowest BCUT2D eigenvalue weighted by atomic mass is 9.89. The third-order valence-corrected chi connectivity index (χ3v) is 3.31. The molecule has 18 heavy (non-hydrogen) atoms. The highest BCUT2D eigenvalue weighted by molar-refractivity contribution is 5.90. The number of hydrogen-bond donors (Lipinski definition) is 2. The molecular formula is C12H23ClN2O3. The van der Waals surface area contributed by atoms with Crippen LogP contribution in [0.15, 0.2) is 0 Å². The van der Waals surface area contributed by atoms with Crippen molar-refractivity contribution < 1.29 is 14.3 Å². The Labute approximate surface area is 114 Å². The van der Waals surface area contributed by atoms with Gasteiger partial charge in [-0.2, -0.15) is 0 Å². The van der Waals surface area contributed by atoms with E-state index in [1.807, 2.05) is 0 Å². The van der Waals surface area contributed by atoms with E-state index in [9.17, 15) is 9.59 Å². The Morgan fingerprint density at radius 1 is 1.22 bits per heavy atom. The summed E-state index contributed by atoms with van der Waals surface area (Å²) in [4.78, 5) is 23.6. The van der Waals surface area contributed by atoms with Gasteiger partial charge in [0.25, 0.3) is 0 Å². The fourth-order valence-corrected chi connectivity index (χ4v) is 2.26. The highest BCUT2D eigenvalue weighted by atomic mass is 35.5. The molecule has 1 rings (SSSR count). The standard InChI is InChI=1S/C12H22N2O3.ClH/c1-9(13)10(15)14-12(11(16)17-2)7-5-3-4-6-8-12;/h9H,3-8,13H2,1-2H3,(H,14,15);1H/t9-;/m0./s1. The summed E-state index contributed by atoms with van der Waals surface area (Å²) in [6.45, 7) is 1.61. The predicted octanol–water partition coefficient (Wildman–Crippen LogP) is 1.14. The number of nitrogens with two attached hydrogens (primary N) is 1. The molecule has 0 aromatic heterocycles. The second-order valence-electron chi connectivity index (χ2n) is 4.77. The quantitative estimate of drug-likeness (QED) is 0.599. The fraction of sp³-hybridized carbons (Fsp3) is 0.833. The SMILES string of the molecule is COC(=O)C1(NC(=O)[C@H](C)N)CCCCCC1.Cl. The molecule has 0 spiro atoms. The molecule has 6 heteroatoms. The van der Waals surface area contributed by atoms with E-state index in [0.29, 0.717) is 12.8 Å². The monoisotopic (exact) mass is 278 g/mol. The number of nitrogens with one attached hydrogen (secondary N) is 1. The van der Waals surface area contributed by atoms with E-state index >= 15 is 0 Å². The Hall–Kier alpha value is -0.810. The molecule has 5 nitrogen and oxygen atoms in total. The number of carbonyl (C=O) groups excluding carboxylic acids is 2. The lowest BCUT2D eigenvalue weighted by Gasteiger charge is -2.31. The van der Waals surface area contributed by atoms with Crippen LogP contribution in [-0.2, 0) is 14.3 Å². The number of halogens is 1. The van der Waals surface area contributed by atoms with Crippen molar-refractivity contribution in [1.29, 1.82) is 0 Å². The third-order valence-electron chi connectivity index (χ3n) is 3.31. The predicted molar refractivity (Wildman–Crippen MR) is 71.5 cm³/mol. The fourth-order valence-electron chi connectivity index (χ4n) is 2.26. The number of carbonyl (C=O) groups is 2. The van der Waals surface area contributed by atoms with Crippen molar-refractivity contribution in [3.8, 4) is 0 Å². The van der Waals surface area contributed by atoms with Crippen LogP contribution in [0.1, 0.15) is 45.4 Å². The Morgan fingerprint density at radius 2 is 1.72 bits per heavy atom. The zero-order valence-corrected chi connectivity index (χ0v) is 11.8. The van der Waals surface area contributed by atoms with E-state index in [0.717, 1.165) is 25.7 Å². The molecule has 0 aliphatic heterocycles. The van der Waals surface area contributed by atoms with Gasteiger partial charge in [-0.15, -0.1) is 12.4 Å². The Bertz CT molecular complexity index is 287. The van der Waals surface area contributed by atoms with Gasteiger partial charge in [0.2, 0.25) is 5.91 Å². The van der Waals surface area contributed by atoms with Crippen molar-refractivity contribution in [2.75, 3.05) is 7.11 Å². The number of amides is 1. The van der Waals surface area contributed by atoms with Gasteiger partial charge in [-0.05, 0) is 19.8 Å². The molecule has 1 aliphatic carbocycles. The number of rotatable bonds is 3. The molecular weight excluding hydrogens is 256 g/mol. The van der Waals surface area contributed by atoms with Crippen LogP contribution >= 0.6 is 12.4 Å². The van der Waals surface area contributed by atoms with Gasteiger partial charge in [-0.1, -0.05) is 25.7 Å². The maximum absolute atomic E-state index is 11.9. The van der Waals surface area contributed by atoms with Crippen LogP contribution in [-0.4, -0.2) is 30.6 Å². The molecule has 0 bridgehead atoms. The highest BCUT2D eigenvalue weighted by Gasteiger charge is 2.41. The van der Waals surface area contributed by atoms with Gasteiger partial charge in [0, 0.05) is 0 Å². The molecule has 3 N–H and O–H groups in total. The largest absolute Gasteiger partial charge is 0.467 e. The highest BCUT2D eigenvalue weighted by Crippen LogP contribution is 2.28. The van der Waals surface area contributed by atoms with Crippen molar-refractivity contribution >= 4 is 24.3 Å². The van der Waals surface area contributed by atoms with Crippen molar-refractivity contribution in [3.05, 3.63) is 0 Å². The zero-order chi connectivity index (χ0) is 12.9.